The van der Waals surface area contributed by atoms with Gasteiger partial charge in [0.05, 0.1) is 0 Å². The van der Waals surface area contributed by atoms with Crippen LogP contribution in [0.25, 0.3) is 0 Å². The van der Waals surface area contributed by atoms with Crippen LogP contribution in [0.3, 0.4) is 0 Å². The number of fused-ring (bicyclic) bond motifs is 1. The Morgan fingerprint density at radius 2 is 1.71 bits per heavy atom. The van der Waals surface area contributed by atoms with Crippen molar-refractivity contribution in [3.8, 4) is 0 Å². The average Bonchev–Trinajstić information content (AvgIpc) is 2.40. The quantitative estimate of drug-likeness (QED) is 0.723. The van der Waals surface area contributed by atoms with Crippen molar-refractivity contribution in [3.63, 3.8) is 0 Å². The minimum atomic E-state index is -0.568. The van der Waals surface area contributed by atoms with Crippen molar-refractivity contribution in [3.05, 3.63) is 0 Å². The second-order valence-electron chi connectivity index (χ2n) is 5.08. The largest absolute Gasteiger partial charge is 0.402 e. The van der Waals surface area contributed by atoms with E-state index in [9.17, 15) is 0 Å². The molecule has 0 amide bonds. The van der Waals surface area contributed by atoms with Gasteiger partial charge in [-0.2, -0.15) is 0 Å². The molecule has 1 aliphatic heterocycles. The minimum Gasteiger partial charge on any atom is -0.402 e. The highest BCUT2D eigenvalue weighted by molar-refractivity contribution is 6.17. The molecule has 0 bridgehead atoms. The van der Waals surface area contributed by atoms with Gasteiger partial charge in [0, 0.05) is 20.3 Å². The Morgan fingerprint density at radius 3 is 2.29 bits per heavy atom. The normalized spacial score (nSPS) is 29.1. The highest BCUT2D eigenvalue weighted by Gasteiger charge is 2.31. The summed E-state index contributed by atoms with van der Waals surface area (Å²) in [6.07, 6.45) is 8.95. The van der Waals surface area contributed by atoms with Gasteiger partial charge in [0.25, 0.3) is 0 Å². The summed E-state index contributed by atoms with van der Waals surface area (Å²) in [6.45, 7) is 4.97. The summed E-state index contributed by atoms with van der Waals surface area (Å²) in [7, 11) is 2.73. The molecule has 4 heteroatoms. The van der Waals surface area contributed by atoms with E-state index in [1.54, 1.807) is 14.2 Å². The molecule has 2 aliphatic rings. The number of hydrogen-bond donors (Lipinski definition) is 0. The molecule has 2 rings (SSSR count). The molecule has 1 saturated carbocycles. The first kappa shape index (κ1) is 15.2. The lowest BCUT2D eigenvalue weighted by Crippen LogP contribution is -2.46. The number of nitrogens with zero attached hydrogens (tertiary/aromatic N) is 1. The molecular weight excluding hydrogens is 230 g/mol. The first-order chi connectivity index (χ1) is 8.33. The fourth-order valence-electron chi connectivity index (χ4n) is 3.24. The molecule has 0 aromatic rings. The van der Waals surface area contributed by atoms with Gasteiger partial charge in [-0.25, -0.2) is 0 Å². The van der Waals surface area contributed by atoms with E-state index in [2.05, 4.69) is 20.7 Å². The number of likely N-dealkylation sites (tertiary alicyclic amines) is 1. The molecular formula is C13H29NO2Si. The second kappa shape index (κ2) is 9.08. The Morgan fingerprint density at radius 1 is 1.06 bits per heavy atom. The molecule has 1 saturated heterocycles. The first-order valence-electron chi connectivity index (χ1n) is 7.05. The van der Waals surface area contributed by atoms with Crippen molar-refractivity contribution in [2.45, 2.75) is 51.5 Å². The van der Waals surface area contributed by atoms with Crippen LogP contribution in [0.2, 0.25) is 0 Å². The van der Waals surface area contributed by atoms with E-state index in [0.29, 0.717) is 0 Å². The van der Waals surface area contributed by atoms with Gasteiger partial charge in [-0.05, 0) is 44.7 Å². The molecule has 2 atom stereocenters. The number of rotatable bonds is 3. The highest BCUT2D eigenvalue weighted by Crippen LogP contribution is 2.34. The molecule has 2 unspecified atom stereocenters. The Bertz CT molecular complexity index is 182. The lowest BCUT2D eigenvalue weighted by Gasteiger charge is -2.43. The fourth-order valence-corrected chi connectivity index (χ4v) is 3.47. The van der Waals surface area contributed by atoms with E-state index in [-0.39, 0.29) is 0 Å². The minimum absolute atomic E-state index is 0.568. The molecule has 0 aromatic heterocycles. The van der Waals surface area contributed by atoms with Gasteiger partial charge in [-0.1, -0.05) is 19.8 Å². The van der Waals surface area contributed by atoms with Gasteiger partial charge in [0.1, 0.15) is 0 Å². The van der Waals surface area contributed by atoms with Crippen LogP contribution in [0.15, 0.2) is 0 Å². The second-order valence-corrected chi connectivity index (χ2v) is 6.47. The smallest absolute Gasteiger partial charge is 0.303 e. The van der Waals surface area contributed by atoms with E-state index in [0.717, 1.165) is 12.0 Å². The molecule has 3 nitrogen and oxygen atoms in total. The van der Waals surface area contributed by atoms with Crippen LogP contribution in [0.4, 0.5) is 0 Å². The summed E-state index contributed by atoms with van der Waals surface area (Å²) in [5.74, 6) is 1.06. The molecule has 0 N–H and O–H groups in total. The summed E-state index contributed by atoms with van der Waals surface area (Å²) in [4.78, 5) is 2.72. The average molecular weight is 259 g/mol. The predicted molar refractivity (Wildman–Crippen MR) is 74.8 cm³/mol. The van der Waals surface area contributed by atoms with Crippen molar-refractivity contribution < 1.29 is 8.85 Å². The van der Waals surface area contributed by atoms with Crippen LogP contribution in [0.1, 0.15) is 45.4 Å². The van der Waals surface area contributed by atoms with Crippen LogP contribution in [-0.2, 0) is 8.85 Å². The van der Waals surface area contributed by atoms with Gasteiger partial charge in [-0.3, -0.25) is 0 Å². The van der Waals surface area contributed by atoms with Gasteiger partial charge in [0.2, 0.25) is 0 Å². The molecule has 17 heavy (non-hydrogen) atoms. The van der Waals surface area contributed by atoms with E-state index < -0.39 is 10.0 Å². The third-order valence-corrected chi connectivity index (χ3v) is 4.47. The zero-order valence-electron chi connectivity index (χ0n) is 11.8. The monoisotopic (exact) mass is 259 g/mol. The number of piperidine rings is 1. The van der Waals surface area contributed by atoms with Crippen molar-refractivity contribution >= 4 is 10.0 Å². The fraction of sp³-hybridized carbons (Fsp3) is 1.00. The van der Waals surface area contributed by atoms with E-state index >= 15 is 0 Å². The molecule has 0 aromatic carbocycles. The lowest BCUT2D eigenvalue weighted by molar-refractivity contribution is 0.0657. The summed E-state index contributed by atoms with van der Waals surface area (Å²) >= 11 is 0. The first-order valence-corrected chi connectivity index (χ1v) is 8.20. The summed E-state index contributed by atoms with van der Waals surface area (Å²) < 4.78 is 9.22. The molecule has 2 fully saturated rings. The predicted octanol–water partition coefficient (Wildman–Crippen LogP) is 1.94. The maximum atomic E-state index is 4.61. The molecule has 1 aliphatic carbocycles. The zero-order valence-corrected chi connectivity index (χ0v) is 13.2. The zero-order chi connectivity index (χ0) is 12.5. The maximum absolute atomic E-state index is 4.61. The van der Waals surface area contributed by atoms with Crippen LogP contribution < -0.4 is 0 Å². The third-order valence-electron chi connectivity index (χ3n) is 4.00. The topological polar surface area (TPSA) is 21.7 Å². The molecule has 1 heterocycles. The van der Waals surface area contributed by atoms with E-state index in [1.165, 1.54) is 51.6 Å². The highest BCUT2D eigenvalue weighted by atomic mass is 28.3. The SMILES string of the molecule is CCN1CCCC2CCCCC21.CO[SiH2]OC. The molecule has 102 valence electrons. The Balaban J connectivity index is 0.000000249. The lowest BCUT2D eigenvalue weighted by atomic mass is 9.78. The summed E-state index contributed by atoms with van der Waals surface area (Å²) in [5, 5.41) is 0. The van der Waals surface area contributed by atoms with Crippen LogP contribution in [0, 0.1) is 5.92 Å². The Kier molecular flexibility index (Phi) is 8.10. The van der Waals surface area contributed by atoms with Gasteiger partial charge < -0.3 is 13.8 Å². The number of hydrogen-bond acceptors (Lipinski definition) is 3. The van der Waals surface area contributed by atoms with Crippen LogP contribution in [-0.4, -0.2) is 48.3 Å². The third kappa shape index (κ3) is 5.08. The Labute approximate surface area is 109 Å². The summed E-state index contributed by atoms with van der Waals surface area (Å²) in [6, 6.07) is 0.970. The van der Waals surface area contributed by atoms with E-state index in [1.807, 2.05) is 0 Å². The van der Waals surface area contributed by atoms with Crippen molar-refractivity contribution in [2.24, 2.45) is 5.92 Å². The van der Waals surface area contributed by atoms with Gasteiger partial charge in [-0.15, -0.1) is 0 Å². The van der Waals surface area contributed by atoms with Gasteiger partial charge >= 0.3 is 10.0 Å². The van der Waals surface area contributed by atoms with Crippen LogP contribution in [0.5, 0.6) is 0 Å². The van der Waals surface area contributed by atoms with Crippen molar-refractivity contribution in [2.75, 3.05) is 27.3 Å². The van der Waals surface area contributed by atoms with Crippen molar-refractivity contribution in [1.29, 1.82) is 0 Å². The standard InChI is InChI=1S/C11H21N.C2H8O2Si/c1-2-12-9-5-7-10-6-3-4-8-11(10)12;1-3-5-4-2/h10-11H,2-9H2,1H3;5H2,1-2H3. The van der Waals surface area contributed by atoms with Crippen molar-refractivity contribution in [1.82, 2.24) is 4.90 Å². The molecule has 0 spiro atoms. The summed E-state index contributed by atoms with van der Waals surface area (Å²) in [5.41, 5.74) is 0. The van der Waals surface area contributed by atoms with Gasteiger partial charge in [0.15, 0.2) is 0 Å². The Hall–Kier alpha value is 0.0969. The molecule has 0 radical (unpaired) electrons. The van der Waals surface area contributed by atoms with Crippen LogP contribution >= 0.6 is 0 Å². The van der Waals surface area contributed by atoms with E-state index in [4.69, 9.17) is 0 Å². The maximum Gasteiger partial charge on any atom is 0.303 e.